The Morgan fingerprint density at radius 3 is 2.60 bits per heavy atom. The number of aromatic nitrogens is 1. The van der Waals surface area contributed by atoms with Crippen molar-refractivity contribution in [2.45, 2.75) is 32.5 Å². The number of pyridine rings is 1. The molecule has 0 unspecified atom stereocenters. The summed E-state index contributed by atoms with van der Waals surface area (Å²) in [6.45, 7) is 3.50. The minimum absolute atomic E-state index is 0.428. The lowest BCUT2D eigenvalue weighted by atomic mass is 10.0. The Hall–Kier alpha value is -2.55. The van der Waals surface area contributed by atoms with Gasteiger partial charge in [-0.2, -0.15) is 13.2 Å². The number of hydrogen-bond acceptors (Lipinski definition) is 5. The fourth-order valence-corrected chi connectivity index (χ4v) is 2.23. The smallest absolute Gasteiger partial charge is 0.427 e. The number of rotatable bonds is 3. The van der Waals surface area contributed by atoms with Gasteiger partial charge in [0, 0.05) is 18.0 Å². The Kier molecular flexibility index (Phi) is 3.98. The van der Waals surface area contributed by atoms with E-state index >= 15 is 0 Å². The predicted octanol–water partition coefficient (Wildman–Crippen LogP) is 3.41. The Morgan fingerprint density at radius 2 is 1.96 bits per heavy atom. The van der Waals surface area contributed by atoms with E-state index in [-0.39, 0.29) is 0 Å². The number of nitrogens with one attached hydrogen (secondary N) is 2. The molecule has 0 bridgehead atoms. The summed E-state index contributed by atoms with van der Waals surface area (Å²) in [7, 11) is 0. The van der Waals surface area contributed by atoms with Gasteiger partial charge in [-0.15, -0.1) is 5.53 Å². The Morgan fingerprint density at radius 1 is 1.24 bits per heavy atom. The standard InChI is InChI=1S/C16H16F4N4O/c1-9-13-7-10(4-5-24(13)23-22-9)11-6-12(17)14(21-8-11)25-15(2,3)16(18,19)20/h4-8,22-23H,1-3H3. The molecule has 1 aromatic heterocycles. The molecule has 5 nitrogen and oxygen atoms in total. The van der Waals surface area contributed by atoms with Crippen LogP contribution in [0.2, 0.25) is 0 Å². The first kappa shape index (κ1) is 17.3. The zero-order valence-corrected chi connectivity index (χ0v) is 13.7. The molecule has 0 aliphatic carbocycles. The summed E-state index contributed by atoms with van der Waals surface area (Å²) in [6.07, 6.45) is 1.91. The highest BCUT2D eigenvalue weighted by molar-refractivity contribution is 5.77. The lowest BCUT2D eigenvalue weighted by Gasteiger charge is -2.28. The van der Waals surface area contributed by atoms with Crippen LogP contribution in [0.25, 0.3) is 5.57 Å². The van der Waals surface area contributed by atoms with E-state index < -0.39 is 23.5 Å². The fourth-order valence-electron chi connectivity index (χ4n) is 2.23. The van der Waals surface area contributed by atoms with E-state index in [1.807, 2.05) is 6.92 Å². The first-order valence-electron chi connectivity index (χ1n) is 7.42. The highest BCUT2D eigenvalue weighted by Crippen LogP contribution is 2.35. The molecule has 0 radical (unpaired) electrons. The summed E-state index contributed by atoms with van der Waals surface area (Å²) >= 11 is 0. The molecule has 3 heterocycles. The minimum atomic E-state index is -4.65. The van der Waals surface area contributed by atoms with E-state index in [9.17, 15) is 17.6 Å². The van der Waals surface area contributed by atoms with Crippen molar-refractivity contribution >= 4 is 5.57 Å². The van der Waals surface area contributed by atoms with E-state index in [0.717, 1.165) is 31.3 Å². The maximum absolute atomic E-state index is 14.2. The Labute approximate surface area is 141 Å². The summed E-state index contributed by atoms with van der Waals surface area (Å²) in [5.74, 6) is -1.65. The van der Waals surface area contributed by atoms with Crippen LogP contribution in [0.1, 0.15) is 26.3 Å². The third-order valence-corrected chi connectivity index (χ3v) is 3.88. The molecule has 9 heteroatoms. The SMILES string of the molecule is CC1=C2C=C(c3cnc(OC(C)(C)C(F)(F)F)c(F)c3)C=CN2NN1. The summed E-state index contributed by atoms with van der Waals surface area (Å²) in [4.78, 5) is 3.72. The third-order valence-electron chi connectivity index (χ3n) is 3.88. The molecule has 1 aromatic rings. The molecule has 0 saturated heterocycles. The molecular formula is C16H16F4N4O. The maximum atomic E-state index is 14.2. The van der Waals surface area contributed by atoms with Crippen molar-refractivity contribution in [1.82, 2.24) is 21.0 Å². The van der Waals surface area contributed by atoms with Crippen molar-refractivity contribution in [3.8, 4) is 5.88 Å². The molecule has 0 aromatic carbocycles. The number of allylic oxidation sites excluding steroid dienone is 4. The molecular weight excluding hydrogens is 340 g/mol. The van der Waals surface area contributed by atoms with Gasteiger partial charge in [0.2, 0.25) is 0 Å². The average molecular weight is 356 g/mol. The van der Waals surface area contributed by atoms with Crippen molar-refractivity contribution in [2.24, 2.45) is 0 Å². The van der Waals surface area contributed by atoms with Gasteiger partial charge in [-0.05, 0) is 44.6 Å². The predicted molar refractivity (Wildman–Crippen MR) is 82.9 cm³/mol. The van der Waals surface area contributed by atoms with E-state index in [1.54, 1.807) is 23.4 Å². The lowest BCUT2D eigenvalue weighted by Crippen LogP contribution is -2.45. The number of fused-ring (bicyclic) bond motifs is 1. The topological polar surface area (TPSA) is 49.4 Å². The lowest BCUT2D eigenvalue weighted by molar-refractivity contribution is -0.235. The van der Waals surface area contributed by atoms with Gasteiger partial charge < -0.3 is 10.2 Å². The van der Waals surface area contributed by atoms with Gasteiger partial charge in [-0.25, -0.2) is 9.37 Å². The van der Waals surface area contributed by atoms with Gasteiger partial charge in [-0.1, -0.05) is 0 Å². The van der Waals surface area contributed by atoms with Gasteiger partial charge in [0.1, 0.15) is 0 Å². The van der Waals surface area contributed by atoms with Crippen molar-refractivity contribution in [2.75, 3.05) is 0 Å². The van der Waals surface area contributed by atoms with Crippen molar-refractivity contribution in [3.05, 3.63) is 53.4 Å². The third kappa shape index (κ3) is 3.19. The van der Waals surface area contributed by atoms with Crippen LogP contribution in [0.5, 0.6) is 5.88 Å². The zero-order chi connectivity index (χ0) is 18.4. The quantitative estimate of drug-likeness (QED) is 0.813. The number of alkyl halides is 3. The number of halogens is 4. The second-order valence-corrected chi connectivity index (χ2v) is 6.15. The molecule has 2 N–H and O–H groups in total. The van der Waals surface area contributed by atoms with Crippen LogP contribution in [-0.2, 0) is 0 Å². The number of hydrazine groups is 2. The van der Waals surface area contributed by atoms with Crippen LogP contribution in [-0.4, -0.2) is 21.8 Å². The van der Waals surface area contributed by atoms with Crippen LogP contribution in [0.4, 0.5) is 17.6 Å². The first-order chi connectivity index (χ1) is 11.6. The van der Waals surface area contributed by atoms with Gasteiger partial charge in [0.05, 0.1) is 11.4 Å². The largest absolute Gasteiger partial charge is 0.460 e. The molecule has 0 atom stereocenters. The summed E-state index contributed by atoms with van der Waals surface area (Å²) < 4.78 is 57.6. The molecule has 0 saturated carbocycles. The van der Waals surface area contributed by atoms with Crippen LogP contribution < -0.4 is 15.7 Å². The number of ether oxygens (including phenoxy) is 1. The molecule has 134 valence electrons. The Balaban J connectivity index is 1.87. The molecule has 25 heavy (non-hydrogen) atoms. The van der Waals surface area contributed by atoms with Crippen LogP contribution in [0.15, 0.2) is 42.0 Å². The van der Waals surface area contributed by atoms with Crippen molar-refractivity contribution < 1.29 is 22.3 Å². The van der Waals surface area contributed by atoms with Crippen LogP contribution in [0.3, 0.4) is 0 Å². The van der Waals surface area contributed by atoms with E-state index in [1.165, 1.54) is 6.20 Å². The average Bonchev–Trinajstić information content (AvgIpc) is 2.89. The van der Waals surface area contributed by atoms with Gasteiger partial charge in [-0.3, -0.25) is 5.01 Å². The number of nitrogens with zero attached hydrogens (tertiary/aromatic N) is 2. The molecule has 0 fully saturated rings. The van der Waals surface area contributed by atoms with E-state index in [2.05, 4.69) is 15.9 Å². The van der Waals surface area contributed by atoms with Crippen LogP contribution >= 0.6 is 0 Å². The summed E-state index contributed by atoms with van der Waals surface area (Å²) in [5.41, 5.74) is 6.11. The minimum Gasteiger partial charge on any atom is -0.460 e. The normalized spacial score (nSPS) is 17.4. The molecule has 2 aliphatic rings. The van der Waals surface area contributed by atoms with E-state index in [4.69, 9.17) is 4.74 Å². The molecule has 0 amide bonds. The second kappa shape index (κ2) is 5.76. The van der Waals surface area contributed by atoms with Crippen molar-refractivity contribution in [3.63, 3.8) is 0 Å². The van der Waals surface area contributed by atoms with E-state index in [0.29, 0.717) is 11.1 Å². The monoisotopic (exact) mass is 356 g/mol. The van der Waals surface area contributed by atoms with Crippen LogP contribution in [0, 0.1) is 5.82 Å². The fraction of sp³-hybridized carbons (Fsp3) is 0.312. The first-order valence-corrected chi connectivity index (χ1v) is 7.42. The second-order valence-electron chi connectivity index (χ2n) is 6.15. The zero-order valence-electron chi connectivity index (χ0n) is 13.7. The molecule has 3 rings (SSSR count). The molecule has 2 aliphatic heterocycles. The van der Waals surface area contributed by atoms with Gasteiger partial charge >= 0.3 is 6.18 Å². The summed E-state index contributed by atoms with van der Waals surface area (Å²) in [6, 6.07) is 1.10. The summed E-state index contributed by atoms with van der Waals surface area (Å²) in [5, 5.41) is 1.74. The van der Waals surface area contributed by atoms with Gasteiger partial charge in [0.15, 0.2) is 11.4 Å². The highest BCUT2D eigenvalue weighted by atomic mass is 19.4. The van der Waals surface area contributed by atoms with Gasteiger partial charge in [0.25, 0.3) is 5.88 Å². The van der Waals surface area contributed by atoms with Crippen molar-refractivity contribution in [1.29, 1.82) is 0 Å². The number of hydrogen-bond donors (Lipinski definition) is 2. The Bertz CT molecular complexity index is 796. The maximum Gasteiger partial charge on any atom is 0.427 e. The molecule has 0 spiro atoms. The highest BCUT2D eigenvalue weighted by Gasteiger charge is 2.50.